The summed E-state index contributed by atoms with van der Waals surface area (Å²) in [4.78, 5) is 0. The van der Waals surface area contributed by atoms with Gasteiger partial charge in [0.1, 0.15) is 11.6 Å². The quantitative estimate of drug-likeness (QED) is 0.722. The third-order valence-corrected chi connectivity index (χ3v) is 3.23. The molecule has 0 aliphatic carbocycles. The first-order valence-corrected chi connectivity index (χ1v) is 5.82. The molecule has 1 aliphatic heterocycles. The van der Waals surface area contributed by atoms with Crippen LogP contribution in [-0.4, -0.2) is 6.61 Å². The molecule has 0 bridgehead atoms. The van der Waals surface area contributed by atoms with Gasteiger partial charge in [-0.15, -0.1) is 0 Å². The minimum Gasteiger partial charge on any atom is -0.493 e. The number of hydrogen-bond acceptors (Lipinski definition) is 1. The third-order valence-electron chi connectivity index (χ3n) is 3.23. The van der Waals surface area contributed by atoms with Crippen LogP contribution in [0.15, 0.2) is 48.5 Å². The predicted molar refractivity (Wildman–Crippen MR) is 64.8 cm³/mol. The summed E-state index contributed by atoms with van der Waals surface area (Å²) in [6, 6.07) is 14.8. The number of para-hydroxylation sites is 1. The van der Waals surface area contributed by atoms with Crippen LogP contribution in [0.2, 0.25) is 0 Å². The molecule has 1 nitrogen and oxygen atoms in total. The van der Waals surface area contributed by atoms with Gasteiger partial charge in [-0.25, -0.2) is 4.39 Å². The van der Waals surface area contributed by atoms with Gasteiger partial charge in [0.2, 0.25) is 0 Å². The standard InChI is InChI=1S/C15H13FO/c16-12-7-5-11(6-8-12)13-9-10-17-15-4-2-1-3-14(13)15/h1-8,13H,9-10H2. The number of benzene rings is 2. The van der Waals surface area contributed by atoms with Gasteiger partial charge in [0.15, 0.2) is 0 Å². The molecular formula is C15H13FO. The van der Waals surface area contributed by atoms with Gasteiger partial charge in [-0.05, 0) is 30.2 Å². The van der Waals surface area contributed by atoms with Crippen LogP contribution >= 0.6 is 0 Å². The van der Waals surface area contributed by atoms with Gasteiger partial charge >= 0.3 is 0 Å². The largest absolute Gasteiger partial charge is 0.493 e. The number of rotatable bonds is 1. The smallest absolute Gasteiger partial charge is 0.123 e. The van der Waals surface area contributed by atoms with Crippen LogP contribution in [0, 0.1) is 5.82 Å². The number of ether oxygens (including phenoxy) is 1. The SMILES string of the molecule is Fc1ccc(C2CCOc3ccccc32)cc1. The Morgan fingerprint density at radius 3 is 2.59 bits per heavy atom. The van der Waals surface area contributed by atoms with Crippen LogP contribution in [0.25, 0.3) is 0 Å². The van der Waals surface area contributed by atoms with Gasteiger partial charge in [0.25, 0.3) is 0 Å². The van der Waals surface area contributed by atoms with E-state index in [0.717, 1.165) is 24.3 Å². The summed E-state index contributed by atoms with van der Waals surface area (Å²) >= 11 is 0. The maximum absolute atomic E-state index is 12.9. The average molecular weight is 228 g/mol. The Morgan fingerprint density at radius 2 is 1.76 bits per heavy atom. The van der Waals surface area contributed by atoms with Crippen LogP contribution < -0.4 is 4.74 Å². The lowest BCUT2D eigenvalue weighted by molar-refractivity contribution is 0.277. The maximum atomic E-state index is 12.9. The lowest BCUT2D eigenvalue weighted by Crippen LogP contribution is -2.14. The molecule has 0 radical (unpaired) electrons. The Bertz CT molecular complexity index is 519. The Hall–Kier alpha value is -1.83. The monoisotopic (exact) mass is 228 g/mol. The van der Waals surface area contributed by atoms with Crippen molar-refractivity contribution in [1.82, 2.24) is 0 Å². The topological polar surface area (TPSA) is 9.23 Å². The maximum Gasteiger partial charge on any atom is 0.123 e. The Labute approximate surface area is 99.9 Å². The molecule has 1 unspecified atom stereocenters. The first kappa shape index (κ1) is 10.3. The predicted octanol–water partition coefficient (Wildman–Crippen LogP) is 3.74. The molecule has 17 heavy (non-hydrogen) atoms. The van der Waals surface area contributed by atoms with Crippen molar-refractivity contribution in [3.05, 3.63) is 65.5 Å². The van der Waals surface area contributed by atoms with E-state index < -0.39 is 0 Å². The average Bonchev–Trinajstić information content (AvgIpc) is 2.39. The second-order valence-electron chi connectivity index (χ2n) is 4.28. The van der Waals surface area contributed by atoms with Crippen molar-refractivity contribution in [3.8, 4) is 5.75 Å². The number of halogens is 1. The third kappa shape index (κ3) is 1.91. The summed E-state index contributed by atoms with van der Waals surface area (Å²) in [5.41, 5.74) is 2.35. The fraction of sp³-hybridized carbons (Fsp3) is 0.200. The van der Waals surface area contributed by atoms with E-state index in [1.165, 1.54) is 17.7 Å². The van der Waals surface area contributed by atoms with Crippen molar-refractivity contribution in [1.29, 1.82) is 0 Å². The van der Waals surface area contributed by atoms with Crippen molar-refractivity contribution in [2.24, 2.45) is 0 Å². The molecular weight excluding hydrogens is 215 g/mol. The minimum atomic E-state index is -0.186. The zero-order chi connectivity index (χ0) is 11.7. The van der Waals surface area contributed by atoms with E-state index in [-0.39, 0.29) is 5.82 Å². The van der Waals surface area contributed by atoms with E-state index in [1.54, 1.807) is 0 Å². The second-order valence-corrected chi connectivity index (χ2v) is 4.28. The number of hydrogen-bond donors (Lipinski definition) is 0. The van der Waals surface area contributed by atoms with Crippen LogP contribution in [0.4, 0.5) is 4.39 Å². The van der Waals surface area contributed by atoms with E-state index >= 15 is 0 Å². The van der Waals surface area contributed by atoms with Crippen molar-refractivity contribution in [3.63, 3.8) is 0 Å². The molecule has 1 aliphatic rings. The summed E-state index contributed by atoms with van der Waals surface area (Å²) in [6.07, 6.45) is 0.947. The highest BCUT2D eigenvalue weighted by atomic mass is 19.1. The molecule has 3 rings (SSSR count). The molecule has 0 spiro atoms. The highest BCUT2D eigenvalue weighted by molar-refractivity contribution is 5.43. The minimum absolute atomic E-state index is 0.186. The first-order valence-electron chi connectivity index (χ1n) is 5.82. The summed E-state index contributed by atoms with van der Waals surface area (Å²) in [6.45, 7) is 0.721. The van der Waals surface area contributed by atoms with E-state index in [4.69, 9.17) is 4.74 Å². The fourth-order valence-electron chi connectivity index (χ4n) is 2.38. The molecule has 0 saturated heterocycles. The molecule has 86 valence electrons. The summed E-state index contributed by atoms with van der Waals surface area (Å²) in [7, 11) is 0. The number of fused-ring (bicyclic) bond motifs is 1. The molecule has 2 heteroatoms. The Balaban J connectivity index is 2.03. The van der Waals surface area contributed by atoms with Gasteiger partial charge in [0, 0.05) is 11.5 Å². The van der Waals surface area contributed by atoms with Crippen LogP contribution in [0.1, 0.15) is 23.5 Å². The van der Waals surface area contributed by atoms with E-state index in [9.17, 15) is 4.39 Å². The molecule has 0 saturated carbocycles. The van der Waals surface area contributed by atoms with E-state index in [1.807, 2.05) is 30.3 Å². The Morgan fingerprint density at radius 1 is 1.00 bits per heavy atom. The highest BCUT2D eigenvalue weighted by Gasteiger charge is 2.22. The summed E-state index contributed by atoms with van der Waals surface area (Å²) < 4.78 is 18.5. The Kier molecular flexibility index (Phi) is 2.56. The first-order chi connectivity index (χ1) is 8.34. The zero-order valence-corrected chi connectivity index (χ0v) is 9.40. The molecule has 0 amide bonds. The second kappa shape index (κ2) is 4.21. The summed E-state index contributed by atoms with van der Waals surface area (Å²) in [5.74, 6) is 1.09. The van der Waals surface area contributed by atoms with Crippen LogP contribution in [0.5, 0.6) is 5.75 Å². The van der Waals surface area contributed by atoms with Gasteiger partial charge in [-0.1, -0.05) is 30.3 Å². The van der Waals surface area contributed by atoms with Crippen molar-refractivity contribution in [2.45, 2.75) is 12.3 Å². The molecule has 0 N–H and O–H groups in total. The van der Waals surface area contributed by atoms with E-state index in [0.29, 0.717) is 5.92 Å². The highest BCUT2D eigenvalue weighted by Crippen LogP contribution is 2.37. The normalized spacial score (nSPS) is 18.3. The van der Waals surface area contributed by atoms with Crippen LogP contribution in [0.3, 0.4) is 0 Å². The van der Waals surface area contributed by atoms with Gasteiger partial charge in [0.05, 0.1) is 6.61 Å². The molecule has 1 atom stereocenters. The molecule has 2 aromatic carbocycles. The van der Waals surface area contributed by atoms with Gasteiger partial charge in [-0.2, -0.15) is 0 Å². The van der Waals surface area contributed by atoms with E-state index in [2.05, 4.69) is 6.07 Å². The zero-order valence-electron chi connectivity index (χ0n) is 9.40. The van der Waals surface area contributed by atoms with Gasteiger partial charge < -0.3 is 4.74 Å². The summed E-state index contributed by atoms with van der Waals surface area (Å²) in [5, 5.41) is 0. The van der Waals surface area contributed by atoms with Crippen molar-refractivity contribution < 1.29 is 9.13 Å². The molecule has 2 aromatic rings. The van der Waals surface area contributed by atoms with Gasteiger partial charge in [-0.3, -0.25) is 0 Å². The molecule has 0 fully saturated rings. The van der Waals surface area contributed by atoms with Crippen molar-refractivity contribution in [2.75, 3.05) is 6.61 Å². The molecule has 0 aromatic heterocycles. The lowest BCUT2D eigenvalue weighted by Gasteiger charge is -2.26. The molecule has 1 heterocycles. The lowest BCUT2D eigenvalue weighted by atomic mass is 9.87. The van der Waals surface area contributed by atoms with Crippen LogP contribution in [-0.2, 0) is 0 Å². The fourth-order valence-corrected chi connectivity index (χ4v) is 2.38. The van der Waals surface area contributed by atoms with Crippen molar-refractivity contribution >= 4 is 0 Å².